The molecule has 2 aromatic carbocycles. The molecule has 1 aliphatic rings. The molecular formula is C24H27N5O2. The molecule has 2 aromatic heterocycles. The second kappa shape index (κ2) is 8.17. The van der Waals surface area contributed by atoms with E-state index in [9.17, 15) is 4.79 Å². The number of carbonyl (C=O) groups is 1. The molecule has 7 heteroatoms. The molecule has 1 aliphatic carbocycles. The maximum Gasteiger partial charge on any atom is 0.337 e. The lowest BCUT2D eigenvalue weighted by Gasteiger charge is -2.27. The highest BCUT2D eigenvalue weighted by molar-refractivity contribution is 5.99. The Morgan fingerprint density at radius 1 is 1.13 bits per heavy atom. The summed E-state index contributed by atoms with van der Waals surface area (Å²) in [5, 5.41) is 13.3. The van der Waals surface area contributed by atoms with Gasteiger partial charge in [-0.15, -0.1) is 0 Å². The first-order chi connectivity index (χ1) is 15.1. The van der Waals surface area contributed by atoms with Crippen molar-refractivity contribution < 1.29 is 9.53 Å². The van der Waals surface area contributed by atoms with Crippen LogP contribution >= 0.6 is 0 Å². The van der Waals surface area contributed by atoms with Crippen LogP contribution in [-0.2, 0) is 11.3 Å². The van der Waals surface area contributed by atoms with E-state index in [-0.39, 0.29) is 5.97 Å². The van der Waals surface area contributed by atoms with Crippen LogP contribution in [0.4, 0.5) is 0 Å². The van der Waals surface area contributed by atoms with Gasteiger partial charge in [0.2, 0.25) is 0 Å². The van der Waals surface area contributed by atoms with E-state index >= 15 is 0 Å². The first kappa shape index (κ1) is 19.8. The Hall–Kier alpha value is -3.16. The van der Waals surface area contributed by atoms with Crippen molar-refractivity contribution in [2.45, 2.75) is 44.3 Å². The number of hydrogen-bond donors (Lipinski definition) is 4. The van der Waals surface area contributed by atoms with Crippen LogP contribution in [-0.4, -0.2) is 40.3 Å². The van der Waals surface area contributed by atoms with Crippen molar-refractivity contribution in [3.63, 3.8) is 0 Å². The van der Waals surface area contributed by atoms with Gasteiger partial charge in [-0.2, -0.15) is 5.10 Å². The van der Waals surface area contributed by atoms with Crippen LogP contribution in [0, 0.1) is 0 Å². The van der Waals surface area contributed by atoms with Crippen LogP contribution in [0.3, 0.4) is 0 Å². The van der Waals surface area contributed by atoms with Gasteiger partial charge < -0.3 is 20.8 Å². The van der Waals surface area contributed by atoms with Gasteiger partial charge in [-0.05, 0) is 67.6 Å². The van der Waals surface area contributed by atoms with Gasteiger partial charge in [-0.25, -0.2) is 4.79 Å². The molecule has 0 radical (unpaired) electrons. The van der Waals surface area contributed by atoms with Gasteiger partial charge in [-0.3, -0.25) is 5.10 Å². The summed E-state index contributed by atoms with van der Waals surface area (Å²) >= 11 is 0. The largest absolute Gasteiger partial charge is 0.465 e. The minimum atomic E-state index is -0.360. The number of esters is 1. The van der Waals surface area contributed by atoms with Gasteiger partial charge in [0.1, 0.15) is 5.69 Å². The minimum absolute atomic E-state index is 0.360. The Balaban J connectivity index is 1.37. The summed E-state index contributed by atoms with van der Waals surface area (Å²) < 4.78 is 4.80. The highest BCUT2D eigenvalue weighted by Crippen LogP contribution is 2.30. The number of aromatic nitrogens is 3. The number of H-pyrrole nitrogens is 2. The van der Waals surface area contributed by atoms with Crippen LogP contribution in [0.1, 0.15) is 41.6 Å². The van der Waals surface area contributed by atoms with Crippen molar-refractivity contribution in [1.29, 1.82) is 0 Å². The molecule has 5 N–H and O–H groups in total. The number of hydrogen-bond acceptors (Lipinski definition) is 5. The number of methoxy groups -OCH3 is 1. The number of benzene rings is 2. The molecule has 0 saturated heterocycles. The number of fused-ring (bicyclic) bond motifs is 2. The van der Waals surface area contributed by atoms with Crippen molar-refractivity contribution >= 4 is 27.8 Å². The highest BCUT2D eigenvalue weighted by Gasteiger charge is 2.18. The van der Waals surface area contributed by atoms with Gasteiger partial charge in [-0.1, -0.05) is 6.07 Å². The number of ether oxygens (including phenoxy) is 1. The third-order valence-electron chi connectivity index (χ3n) is 6.29. The van der Waals surface area contributed by atoms with Crippen LogP contribution in [0.2, 0.25) is 0 Å². The minimum Gasteiger partial charge on any atom is -0.465 e. The molecule has 2 heterocycles. The zero-order valence-electron chi connectivity index (χ0n) is 17.6. The maximum absolute atomic E-state index is 11.8. The van der Waals surface area contributed by atoms with Crippen molar-refractivity contribution in [3.05, 3.63) is 53.6 Å². The first-order valence-corrected chi connectivity index (χ1v) is 10.8. The molecule has 0 spiro atoms. The maximum atomic E-state index is 11.8. The third kappa shape index (κ3) is 3.94. The van der Waals surface area contributed by atoms with E-state index in [0.717, 1.165) is 65.4 Å². The highest BCUT2D eigenvalue weighted by atomic mass is 16.5. The summed E-state index contributed by atoms with van der Waals surface area (Å²) in [4.78, 5) is 15.2. The molecule has 0 aliphatic heterocycles. The Kier molecular flexibility index (Phi) is 5.21. The molecule has 0 atom stereocenters. The molecule has 4 aromatic rings. The lowest BCUT2D eigenvalue weighted by Crippen LogP contribution is -2.36. The monoisotopic (exact) mass is 417 g/mol. The average Bonchev–Trinajstić information content (AvgIpc) is 3.41. The third-order valence-corrected chi connectivity index (χ3v) is 6.29. The summed E-state index contributed by atoms with van der Waals surface area (Å²) in [5.74, 6) is -0.360. The molecule has 31 heavy (non-hydrogen) atoms. The fourth-order valence-corrected chi connectivity index (χ4v) is 4.47. The van der Waals surface area contributed by atoms with E-state index in [4.69, 9.17) is 10.5 Å². The summed E-state index contributed by atoms with van der Waals surface area (Å²) in [6, 6.07) is 15.0. The molecule has 0 bridgehead atoms. The van der Waals surface area contributed by atoms with E-state index in [1.807, 2.05) is 6.07 Å². The predicted octanol–water partition coefficient (Wildman–Crippen LogP) is 3.86. The number of nitrogens with one attached hydrogen (secondary N) is 3. The second-order valence-corrected chi connectivity index (χ2v) is 8.42. The normalized spacial score (nSPS) is 19.2. The van der Waals surface area contributed by atoms with Crippen molar-refractivity contribution in [2.75, 3.05) is 7.11 Å². The Morgan fingerprint density at radius 3 is 2.77 bits per heavy atom. The van der Waals surface area contributed by atoms with Crippen LogP contribution in [0.25, 0.3) is 33.2 Å². The molecule has 7 nitrogen and oxygen atoms in total. The van der Waals surface area contributed by atoms with Crippen LogP contribution in [0.5, 0.6) is 0 Å². The van der Waals surface area contributed by atoms with Crippen molar-refractivity contribution in [2.24, 2.45) is 5.73 Å². The van der Waals surface area contributed by atoms with E-state index in [0.29, 0.717) is 17.6 Å². The van der Waals surface area contributed by atoms with E-state index in [1.165, 1.54) is 12.7 Å². The van der Waals surface area contributed by atoms with Gasteiger partial charge in [0.15, 0.2) is 0 Å². The second-order valence-electron chi connectivity index (χ2n) is 8.42. The summed E-state index contributed by atoms with van der Waals surface area (Å²) in [5.41, 5.74) is 11.4. The summed E-state index contributed by atoms with van der Waals surface area (Å²) in [6.45, 7) is 0.859. The Bertz CT molecular complexity index is 1230. The molecule has 160 valence electrons. The molecule has 5 rings (SSSR count). The smallest absolute Gasteiger partial charge is 0.337 e. The first-order valence-electron chi connectivity index (χ1n) is 10.8. The fourth-order valence-electron chi connectivity index (χ4n) is 4.47. The van der Waals surface area contributed by atoms with Crippen LogP contribution < -0.4 is 11.1 Å². The summed E-state index contributed by atoms with van der Waals surface area (Å²) in [7, 11) is 1.38. The summed E-state index contributed by atoms with van der Waals surface area (Å²) in [6.07, 6.45) is 4.52. The topological polar surface area (TPSA) is 109 Å². The Morgan fingerprint density at radius 2 is 1.97 bits per heavy atom. The molecule has 1 fully saturated rings. The van der Waals surface area contributed by atoms with Gasteiger partial charge in [0.25, 0.3) is 0 Å². The van der Waals surface area contributed by atoms with Crippen molar-refractivity contribution in [3.8, 4) is 11.4 Å². The number of nitrogens with zero attached hydrogens (tertiary/aromatic N) is 1. The molecule has 1 saturated carbocycles. The number of carbonyl (C=O) groups excluding carboxylic acids is 1. The van der Waals surface area contributed by atoms with E-state index < -0.39 is 0 Å². The SMILES string of the molecule is COC(=O)c1ccc2c(-c3cc4cc(CNC5CCC(N)CC5)ccc4[nH]3)n[nH]c2c1. The predicted molar refractivity (Wildman–Crippen MR) is 122 cm³/mol. The van der Waals surface area contributed by atoms with Gasteiger partial charge >= 0.3 is 5.97 Å². The molecular weight excluding hydrogens is 390 g/mol. The van der Waals surface area contributed by atoms with E-state index in [2.05, 4.69) is 44.8 Å². The molecule has 0 amide bonds. The average molecular weight is 418 g/mol. The number of rotatable bonds is 5. The van der Waals surface area contributed by atoms with Crippen LogP contribution in [0.15, 0.2) is 42.5 Å². The van der Waals surface area contributed by atoms with E-state index in [1.54, 1.807) is 12.1 Å². The lowest BCUT2D eigenvalue weighted by molar-refractivity contribution is 0.0601. The zero-order valence-corrected chi connectivity index (χ0v) is 17.6. The number of nitrogens with two attached hydrogens (primary N) is 1. The van der Waals surface area contributed by atoms with Crippen molar-refractivity contribution in [1.82, 2.24) is 20.5 Å². The standard InChI is InChI=1S/C24H27N5O2/c1-31-24(30)15-3-8-19-21(11-15)28-29-23(19)22-12-16-10-14(2-9-20(16)27-22)13-26-18-6-4-17(25)5-7-18/h2-3,8-12,17-18,26-27H,4-7,13,25H2,1H3,(H,28,29). The van der Waals surface area contributed by atoms with Gasteiger partial charge in [0, 0.05) is 34.9 Å². The van der Waals surface area contributed by atoms with Gasteiger partial charge in [0.05, 0.1) is 23.9 Å². The lowest BCUT2D eigenvalue weighted by atomic mass is 9.92. The fraction of sp³-hybridized carbons (Fsp3) is 0.333. The number of aromatic amines is 2. The molecule has 0 unspecified atom stereocenters. The Labute approximate surface area is 180 Å². The zero-order chi connectivity index (χ0) is 21.4. The quantitative estimate of drug-likeness (QED) is 0.369.